The lowest BCUT2D eigenvalue weighted by Gasteiger charge is -2.28. The molecule has 0 aromatic heterocycles. The van der Waals surface area contributed by atoms with Gasteiger partial charge in [0.15, 0.2) is 0 Å². The van der Waals surface area contributed by atoms with Crippen LogP contribution < -0.4 is 0 Å². The van der Waals surface area contributed by atoms with Crippen LogP contribution in [0.3, 0.4) is 0 Å². The van der Waals surface area contributed by atoms with Gasteiger partial charge in [0.05, 0.1) is 30.7 Å². The Morgan fingerprint density at radius 1 is 1.13 bits per heavy atom. The number of hydrogen-bond donors (Lipinski definition) is 5. The fourth-order valence-corrected chi connectivity index (χ4v) is 2.58. The van der Waals surface area contributed by atoms with Crippen LogP contribution in [0, 0.1) is 0 Å². The fourth-order valence-electron chi connectivity index (χ4n) is 1.85. The van der Waals surface area contributed by atoms with Gasteiger partial charge >= 0.3 is 19.8 Å². The summed E-state index contributed by atoms with van der Waals surface area (Å²) in [6, 6.07) is 0. The summed E-state index contributed by atoms with van der Waals surface area (Å²) in [5.41, 5.74) is -3.17. The zero-order chi connectivity index (χ0) is 18.3. The van der Waals surface area contributed by atoms with Crippen LogP contribution in [0.2, 0.25) is 0 Å². The summed E-state index contributed by atoms with van der Waals surface area (Å²) >= 11 is 0. The average molecular weight is 358 g/mol. The van der Waals surface area contributed by atoms with E-state index in [9.17, 15) is 19.3 Å². The SMILES string of the molecule is CC(O)(CCO)CC(=O)OCCC(C)(CC(=O)O)OP(=O)(O)O. The second-order valence-corrected chi connectivity index (χ2v) is 6.88. The maximum atomic E-state index is 11.6. The Kier molecular flexibility index (Phi) is 8.33. The van der Waals surface area contributed by atoms with E-state index in [-0.39, 0.29) is 32.5 Å². The maximum Gasteiger partial charge on any atom is 0.470 e. The van der Waals surface area contributed by atoms with E-state index in [1.807, 2.05) is 0 Å². The van der Waals surface area contributed by atoms with Crippen molar-refractivity contribution < 1.29 is 48.5 Å². The first-order chi connectivity index (χ1) is 10.3. The normalized spacial score (nSPS) is 17.1. The van der Waals surface area contributed by atoms with Crippen LogP contribution in [0.5, 0.6) is 0 Å². The molecule has 0 radical (unpaired) electrons. The van der Waals surface area contributed by atoms with Gasteiger partial charge in [-0.05, 0) is 20.3 Å². The first kappa shape index (κ1) is 22.0. The third kappa shape index (κ3) is 11.2. The van der Waals surface area contributed by atoms with Crippen molar-refractivity contribution in [1.29, 1.82) is 0 Å². The topological polar surface area (TPSA) is 171 Å². The Hall–Kier alpha value is -1.03. The molecule has 2 unspecified atom stereocenters. The molecule has 0 amide bonds. The zero-order valence-corrected chi connectivity index (χ0v) is 13.9. The predicted molar refractivity (Wildman–Crippen MR) is 76.3 cm³/mol. The Balaban J connectivity index is 4.55. The molecule has 0 aliphatic carbocycles. The van der Waals surface area contributed by atoms with E-state index in [0.717, 1.165) is 0 Å². The van der Waals surface area contributed by atoms with Gasteiger partial charge in [-0.25, -0.2) is 4.57 Å². The Labute approximate surface area is 133 Å². The molecule has 0 aliphatic heterocycles. The first-order valence-electron chi connectivity index (χ1n) is 6.76. The van der Waals surface area contributed by atoms with E-state index in [2.05, 4.69) is 4.52 Å². The van der Waals surface area contributed by atoms with Gasteiger partial charge in [-0.3, -0.25) is 14.1 Å². The molecule has 0 aromatic rings. The second-order valence-electron chi connectivity index (χ2n) is 5.72. The lowest BCUT2D eigenvalue weighted by Crippen LogP contribution is -2.34. The van der Waals surface area contributed by atoms with Crippen molar-refractivity contribution in [3.63, 3.8) is 0 Å². The van der Waals surface area contributed by atoms with Gasteiger partial charge in [0.2, 0.25) is 0 Å². The molecule has 0 rings (SSSR count). The van der Waals surface area contributed by atoms with Crippen LogP contribution >= 0.6 is 7.82 Å². The smallest absolute Gasteiger partial charge is 0.470 e. The minimum atomic E-state index is -4.92. The van der Waals surface area contributed by atoms with E-state index >= 15 is 0 Å². The van der Waals surface area contributed by atoms with Gasteiger partial charge in [-0.1, -0.05) is 0 Å². The lowest BCUT2D eigenvalue weighted by molar-refractivity contribution is -0.150. The molecule has 0 saturated heterocycles. The molecular weight excluding hydrogens is 335 g/mol. The highest BCUT2D eigenvalue weighted by molar-refractivity contribution is 7.46. The van der Waals surface area contributed by atoms with E-state index in [1.54, 1.807) is 0 Å². The van der Waals surface area contributed by atoms with Gasteiger partial charge in [0, 0.05) is 13.0 Å². The number of aliphatic carboxylic acids is 1. The standard InChI is InChI=1S/C12H23O10P/c1-11(17,3-5-13)8-10(16)21-6-4-12(2,7-9(14)15)22-23(18,19)20/h13,17H,3-8H2,1-2H3,(H,14,15)(H2,18,19,20). The van der Waals surface area contributed by atoms with Crippen LogP contribution in [0.4, 0.5) is 0 Å². The van der Waals surface area contributed by atoms with Gasteiger partial charge < -0.3 is 29.8 Å². The van der Waals surface area contributed by atoms with Crippen molar-refractivity contribution in [2.75, 3.05) is 13.2 Å². The lowest BCUT2D eigenvalue weighted by atomic mass is 9.98. The number of hydrogen-bond acceptors (Lipinski definition) is 7. The van der Waals surface area contributed by atoms with Crippen molar-refractivity contribution in [3.05, 3.63) is 0 Å². The molecule has 23 heavy (non-hydrogen) atoms. The van der Waals surface area contributed by atoms with Crippen LogP contribution in [-0.4, -0.2) is 61.5 Å². The third-order valence-electron chi connectivity index (χ3n) is 2.93. The molecule has 136 valence electrons. The summed E-state index contributed by atoms with van der Waals surface area (Å²) in [5.74, 6) is -2.13. The number of phosphoric ester groups is 1. The molecule has 11 heteroatoms. The number of carbonyl (C=O) groups excluding carboxylic acids is 1. The highest BCUT2D eigenvalue weighted by Crippen LogP contribution is 2.43. The van der Waals surface area contributed by atoms with Crippen molar-refractivity contribution in [1.82, 2.24) is 0 Å². The highest BCUT2D eigenvalue weighted by Gasteiger charge is 2.36. The highest BCUT2D eigenvalue weighted by atomic mass is 31.2. The van der Waals surface area contributed by atoms with Crippen molar-refractivity contribution in [2.45, 2.75) is 50.7 Å². The summed E-state index contributed by atoms with van der Waals surface area (Å²) in [5, 5.41) is 27.3. The van der Waals surface area contributed by atoms with E-state index < -0.39 is 37.4 Å². The number of rotatable bonds is 11. The molecule has 0 heterocycles. The summed E-state index contributed by atoms with van der Waals surface area (Å²) in [6.45, 7) is 1.86. The number of aliphatic hydroxyl groups excluding tert-OH is 1. The predicted octanol–water partition coefficient (Wildman–Crippen LogP) is -0.214. The molecule has 0 spiro atoms. The number of carboxylic acid groups (broad SMARTS) is 1. The summed E-state index contributed by atoms with van der Waals surface area (Å²) in [4.78, 5) is 39.9. The van der Waals surface area contributed by atoms with Crippen molar-refractivity contribution >= 4 is 19.8 Å². The molecule has 0 saturated carbocycles. The van der Waals surface area contributed by atoms with Crippen molar-refractivity contribution in [3.8, 4) is 0 Å². The first-order valence-corrected chi connectivity index (χ1v) is 8.29. The number of ether oxygens (including phenoxy) is 1. The van der Waals surface area contributed by atoms with Gasteiger partial charge in [0.1, 0.15) is 0 Å². The molecule has 10 nitrogen and oxygen atoms in total. The monoisotopic (exact) mass is 358 g/mol. The third-order valence-corrected chi connectivity index (χ3v) is 3.61. The maximum absolute atomic E-state index is 11.6. The number of carbonyl (C=O) groups is 2. The van der Waals surface area contributed by atoms with Crippen LogP contribution in [0.25, 0.3) is 0 Å². The molecule has 0 fully saturated rings. The summed E-state index contributed by atoms with van der Waals surface area (Å²) in [6.07, 6.45) is -1.38. The van der Waals surface area contributed by atoms with Gasteiger partial charge in [-0.2, -0.15) is 0 Å². The number of esters is 1. The fraction of sp³-hybridized carbons (Fsp3) is 0.833. The largest absolute Gasteiger partial charge is 0.481 e. The molecule has 5 N–H and O–H groups in total. The summed E-state index contributed by atoms with van der Waals surface area (Å²) < 4.78 is 20.2. The molecule has 0 aliphatic rings. The molecular formula is C12H23O10P. The Morgan fingerprint density at radius 2 is 1.70 bits per heavy atom. The van der Waals surface area contributed by atoms with Crippen LogP contribution in [0.15, 0.2) is 0 Å². The number of carboxylic acids is 1. The van der Waals surface area contributed by atoms with E-state index in [4.69, 9.17) is 24.7 Å². The second kappa shape index (κ2) is 8.72. The number of phosphoric acid groups is 1. The molecule has 0 aromatic carbocycles. The van der Waals surface area contributed by atoms with E-state index in [1.165, 1.54) is 13.8 Å². The zero-order valence-electron chi connectivity index (χ0n) is 13.0. The van der Waals surface area contributed by atoms with Gasteiger partial charge in [-0.15, -0.1) is 0 Å². The van der Waals surface area contributed by atoms with E-state index in [0.29, 0.717) is 0 Å². The minimum absolute atomic E-state index is 0.0276. The average Bonchev–Trinajstić information content (AvgIpc) is 2.22. The molecule has 0 bridgehead atoms. The molecule has 2 atom stereocenters. The van der Waals surface area contributed by atoms with Crippen LogP contribution in [0.1, 0.15) is 39.5 Å². The van der Waals surface area contributed by atoms with Crippen LogP contribution in [-0.2, 0) is 23.4 Å². The van der Waals surface area contributed by atoms with Crippen molar-refractivity contribution in [2.24, 2.45) is 0 Å². The Morgan fingerprint density at radius 3 is 2.13 bits per heavy atom. The minimum Gasteiger partial charge on any atom is -0.481 e. The quantitative estimate of drug-likeness (QED) is 0.246. The van der Waals surface area contributed by atoms with Gasteiger partial charge in [0.25, 0.3) is 0 Å². The number of aliphatic hydroxyl groups is 2. The Bertz CT molecular complexity index is 457. The summed E-state index contributed by atoms with van der Waals surface area (Å²) in [7, 11) is -4.92.